The molecule has 0 atom stereocenters. The van der Waals surface area contributed by atoms with Crippen LogP contribution in [0.25, 0.3) is 0 Å². The summed E-state index contributed by atoms with van der Waals surface area (Å²) in [6.07, 6.45) is 1.46. The molecular formula is C18H18BrNO4. The van der Waals surface area contributed by atoms with Crippen molar-refractivity contribution in [3.63, 3.8) is 0 Å². The topological polar surface area (TPSA) is 59.8 Å². The largest absolute Gasteiger partial charge is 0.490 e. The van der Waals surface area contributed by atoms with E-state index in [1.54, 1.807) is 13.0 Å². The van der Waals surface area contributed by atoms with Crippen LogP contribution in [0, 0.1) is 6.92 Å². The Kier molecular flexibility index (Phi) is 5.04. The van der Waals surface area contributed by atoms with Gasteiger partial charge in [0.05, 0.1) is 11.6 Å². The fourth-order valence-corrected chi connectivity index (χ4v) is 3.27. The Bertz CT molecular complexity index is 794. The van der Waals surface area contributed by atoms with Crippen molar-refractivity contribution >= 4 is 21.8 Å². The van der Waals surface area contributed by atoms with Gasteiger partial charge in [0.25, 0.3) is 5.91 Å². The third-order valence-corrected chi connectivity index (χ3v) is 4.69. The number of carbonyl (C=O) groups is 1. The predicted octanol–water partition coefficient (Wildman–Crippen LogP) is 3.39. The van der Waals surface area contributed by atoms with Gasteiger partial charge in [-0.25, -0.2) is 4.79 Å². The van der Waals surface area contributed by atoms with Crippen LogP contribution in [0.2, 0.25) is 0 Å². The maximum atomic E-state index is 12.6. The van der Waals surface area contributed by atoms with Crippen LogP contribution < -0.4 is 10.4 Å². The Morgan fingerprint density at radius 2 is 1.96 bits per heavy atom. The van der Waals surface area contributed by atoms with Crippen molar-refractivity contribution in [3.8, 4) is 5.75 Å². The molecule has 0 bridgehead atoms. The third kappa shape index (κ3) is 3.87. The molecule has 0 saturated carbocycles. The summed E-state index contributed by atoms with van der Waals surface area (Å²) in [6, 6.07) is 10.5. The molecule has 1 aliphatic rings. The first kappa shape index (κ1) is 16.8. The van der Waals surface area contributed by atoms with Gasteiger partial charge in [-0.2, -0.15) is 0 Å². The van der Waals surface area contributed by atoms with E-state index in [-0.39, 0.29) is 12.0 Å². The second-order valence-corrected chi connectivity index (χ2v) is 6.67. The molecule has 0 spiro atoms. The Morgan fingerprint density at radius 1 is 1.25 bits per heavy atom. The van der Waals surface area contributed by atoms with Gasteiger partial charge < -0.3 is 14.1 Å². The minimum absolute atomic E-state index is 0.00513. The molecule has 24 heavy (non-hydrogen) atoms. The van der Waals surface area contributed by atoms with Crippen LogP contribution >= 0.6 is 15.9 Å². The molecule has 2 aromatic rings. The zero-order valence-electron chi connectivity index (χ0n) is 13.3. The molecule has 0 unspecified atom stereocenters. The first-order chi connectivity index (χ1) is 11.5. The molecule has 0 N–H and O–H groups in total. The van der Waals surface area contributed by atoms with Gasteiger partial charge in [-0.05, 0) is 35.0 Å². The first-order valence-corrected chi connectivity index (χ1v) is 8.64. The minimum atomic E-state index is -0.411. The number of amides is 1. The van der Waals surface area contributed by atoms with E-state index in [1.165, 1.54) is 6.07 Å². The monoisotopic (exact) mass is 391 g/mol. The molecule has 1 aromatic carbocycles. The normalized spacial score (nSPS) is 15.3. The van der Waals surface area contributed by atoms with E-state index in [2.05, 4.69) is 15.9 Å². The number of likely N-dealkylation sites (tertiary alicyclic amines) is 1. The van der Waals surface area contributed by atoms with Crippen LogP contribution in [0.3, 0.4) is 0 Å². The van der Waals surface area contributed by atoms with Crippen LogP contribution in [0.15, 0.2) is 50.1 Å². The van der Waals surface area contributed by atoms with E-state index in [0.717, 1.165) is 17.3 Å². The number of aryl methyl sites for hydroxylation is 1. The second-order valence-electron chi connectivity index (χ2n) is 5.81. The lowest BCUT2D eigenvalue weighted by atomic mass is 10.1. The zero-order chi connectivity index (χ0) is 17.1. The molecule has 0 radical (unpaired) electrons. The number of rotatable bonds is 3. The highest BCUT2D eigenvalue weighted by molar-refractivity contribution is 9.10. The average molecular weight is 392 g/mol. The summed E-state index contributed by atoms with van der Waals surface area (Å²) in [5.74, 6) is 1.08. The number of carbonyl (C=O) groups excluding carboxylic acids is 1. The number of nitrogens with zero attached hydrogens (tertiary/aromatic N) is 1. The molecule has 6 heteroatoms. The predicted molar refractivity (Wildman–Crippen MR) is 93.4 cm³/mol. The van der Waals surface area contributed by atoms with Crippen molar-refractivity contribution in [2.45, 2.75) is 25.9 Å². The average Bonchev–Trinajstić information content (AvgIpc) is 2.54. The smallest absolute Gasteiger partial charge is 0.339 e. The van der Waals surface area contributed by atoms with Crippen molar-refractivity contribution in [1.29, 1.82) is 0 Å². The van der Waals surface area contributed by atoms with Crippen LogP contribution in [-0.2, 0) is 0 Å². The van der Waals surface area contributed by atoms with Gasteiger partial charge in [0.15, 0.2) is 0 Å². The van der Waals surface area contributed by atoms with Crippen molar-refractivity contribution < 1.29 is 13.9 Å². The molecule has 126 valence electrons. The molecular weight excluding hydrogens is 374 g/mol. The third-order valence-electron chi connectivity index (χ3n) is 4.00. The fourth-order valence-electron chi connectivity index (χ4n) is 2.82. The van der Waals surface area contributed by atoms with Gasteiger partial charge in [-0.15, -0.1) is 0 Å². The van der Waals surface area contributed by atoms with Gasteiger partial charge in [-0.3, -0.25) is 4.79 Å². The first-order valence-electron chi connectivity index (χ1n) is 7.85. The van der Waals surface area contributed by atoms with Crippen molar-refractivity contribution in [2.75, 3.05) is 13.1 Å². The Morgan fingerprint density at radius 3 is 2.62 bits per heavy atom. The molecule has 1 aliphatic heterocycles. The van der Waals surface area contributed by atoms with Gasteiger partial charge in [0.2, 0.25) is 0 Å². The van der Waals surface area contributed by atoms with Crippen LogP contribution in [0.5, 0.6) is 5.75 Å². The summed E-state index contributed by atoms with van der Waals surface area (Å²) in [5.41, 5.74) is 0.264. The molecule has 0 aliphatic carbocycles. The van der Waals surface area contributed by atoms with E-state index < -0.39 is 5.63 Å². The number of benzene rings is 1. The van der Waals surface area contributed by atoms with Crippen LogP contribution in [0.4, 0.5) is 0 Å². The number of halogens is 1. The number of piperidine rings is 1. The van der Waals surface area contributed by atoms with Gasteiger partial charge in [0, 0.05) is 36.5 Å². The summed E-state index contributed by atoms with van der Waals surface area (Å²) in [5, 5.41) is 0. The maximum Gasteiger partial charge on any atom is 0.339 e. The molecule has 1 aromatic heterocycles. The van der Waals surface area contributed by atoms with Crippen LogP contribution in [0.1, 0.15) is 29.0 Å². The van der Waals surface area contributed by atoms with Crippen molar-refractivity contribution in [2.24, 2.45) is 0 Å². The quantitative estimate of drug-likeness (QED) is 0.804. The molecule has 5 nitrogen and oxygen atoms in total. The molecule has 2 heterocycles. The summed E-state index contributed by atoms with van der Waals surface area (Å²) in [6.45, 7) is 2.98. The lowest BCUT2D eigenvalue weighted by Crippen LogP contribution is -2.41. The SMILES string of the molecule is Cc1cc(OC2CCN(C(=O)c3ccccc3Br)CC2)cc(=O)o1. The van der Waals surface area contributed by atoms with E-state index in [0.29, 0.717) is 30.2 Å². The molecule has 3 rings (SSSR count). The van der Waals surface area contributed by atoms with E-state index in [4.69, 9.17) is 9.15 Å². The lowest BCUT2D eigenvalue weighted by Gasteiger charge is -2.32. The summed E-state index contributed by atoms with van der Waals surface area (Å²) in [7, 11) is 0. The van der Waals surface area contributed by atoms with Crippen molar-refractivity contribution in [1.82, 2.24) is 4.90 Å². The molecule has 1 fully saturated rings. The lowest BCUT2D eigenvalue weighted by molar-refractivity contribution is 0.0593. The highest BCUT2D eigenvalue weighted by Crippen LogP contribution is 2.22. The van der Waals surface area contributed by atoms with Gasteiger partial charge in [0.1, 0.15) is 17.6 Å². The Balaban J connectivity index is 1.60. The van der Waals surface area contributed by atoms with E-state index in [1.807, 2.05) is 29.2 Å². The fraction of sp³-hybridized carbons (Fsp3) is 0.333. The number of ether oxygens (including phenoxy) is 1. The number of hydrogen-bond acceptors (Lipinski definition) is 4. The Labute approximate surface area is 148 Å². The Hall–Kier alpha value is -2.08. The van der Waals surface area contributed by atoms with Crippen molar-refractivity contribution in [3.05, 3.63) is 62.6 Å². The molecule has 1 saturated heterocycles. The second kappa shape index (κ2) is 7.21. The summed E-state index contributed by atoms with van der Waals surface area (Å²) in [4.78, 5) is 25.8. The van der Waals surface area contributed by atoms with Gasteiger partial charge in [-0.1, -0.05) is 12.1 Å². The van der Waals surface area contributed by atoms with E-state index in [9.17, 15) is 9.59 Å². The molecule has 1 amide bonds. The minimum Gasteiger partial charge on any atom is -0.490 e. The highest BCUT2D eigenvalue weighted by Gasteiger charge is 2.25. The summed E-state index contributed by atoms with van der Waals surface area (Å²) >= 11 is 3.42. The zero-order valence-corrected chi connectivity index (χ0v) is 14.9. The van der Waals surface area contributed by atoms with Crippen LogP contribution in [-0.4, -0.2) is 30.0 Å². The standard InChI is InChI=1S/C18H18BrNO4/c1-12-10-14(11-17(21)23-12)24-13-6-8-20(9-7-13)18(22)15-4-2-3-5-16(15)19/h2-5,10-11,13H,6-9H2,1H3. The summed E-state index contributed by atoms with van der Waals surface area (Å²) < 4.78 is 11.6. The van der Waals surface area contributed by atoms with Gasteiger partial charge >= 0.3 is 5.63 Å². The van der Waals surface area contributed by atoms with E-state index >= 15 is 0 Å². The highest BCUT2D eigenvalue weighted by atomic mass is 79.9. The number of hydrogen-bond donors (Lipinski definition) is 0. The maximum absolute atomic E-state index is 12.6.